The molecule has 1 heterocycles. The smallest absolute Gasteiger partial charge is 0.148 e. The quantitative estimate of drug-likeness (QED) is 0.798. The van der Waals surface area contributed by atoms with Crippen LogP contribution in [0.5, 0.6) is 0 Å². The van der Waals surface area contributed by atoms with Crippen molar-refractivity contribution in [2.75, 3.05) is 24.3 Å². The van der Waals surface area contributed by atoms with Crippen molar-refractivity contribution < 1.29 is 4.74 Å². The number of aryl methyl sites for hydroxylation is 1. The number of aromatic nitrogens is 2. The van der Waals surface area contributed by atoms with Gasteiger partial charge >= 0.3 is 0 Å². The van der Waals surface area contributed by atoms with E-state index in [1.54, 1.807) is 0 Å². The number of ether oxygens (including phenoxy) is 1. The Labute approximate surface area is 116 Å². The highest BCUT2D eigenvalue weighted by Gasteiger charge is 2.20. The number of rotatable bonds is 7. The maximum atomic E-state index is 6.13. The Morgan fingerprint density at radius 1 is 1.32 bits per heavy atom. The van der Waals surface area contributed by atoms with Gasteiger partial charge in [-0.2, -0.15) is 5.10 Å². The molecule has 5 nitrogen and oxygen atoms in total. The number of anilines is 2. The van der Waals surface area contributed by atoms with Crippen LogP contribution in [-0.2, 0) is 4.74 Å². The van der Waals surface area contributed by atoms with Gasteiger partial charge in [0, 0.05) is 12.6 Å². The topological polar surface area (TPSA) is 65.1 Å². The molecule has 0 aliphatic carbocycles. The van der Waals surface area contributed by atoms with E-state index >= 15 is 0 Å². The number of nitrogens with zero attached hydrogens (tertiary/aromatic N) is 2. The minimum atomic E-state index is 0.232. The number of nitrogens with two attached hydrogens (primary N) is 1. The highest BCUT2D eigenvalue weighted by molar-refractivity contribution is 5.65. The van der Waals surface area contributed by atoms with Crippen LogP contribution in [-0.4, -0.2) is 29.0 Å². The SMILES string of the molecule is CCOCC(Nc1c(N)c(C)nn1C(C)C)C(C)C. The van der Waals surface area contributed by atoms with Crippen LogP contribution in [0.4, 0.5) is 11.5 Å². The molecule has 0 aromatic carbocycles. The van der Waals surface area contributed by atoms with E-state index in [1.807, 2.05) is 18.5 Å². The van der Waals surface area contributed by atoms with Crippen LogP contribution >= 0.6 is 0 Å². The first-order valence-corrected chi connectivity index (χ1v) is 7.07. The highest BCUT2D eigenvalue weighted by Crippen LogP contribution is 2.27. The molecule has 1 aromatic heterocycles. The first kappa shape index (κ1) is 15.8. The van der Waals surface area contributed by atoms with Gasteiger partial charge in [-0.15, -0.1) is 0 Å². The van der Waals surface area contributed by atoms with E-state index in [1.165, 1.54) is 0 Å². The van der Waals surface area contributed by atoms with Crippen molar-refractivity contribution in [1.82, 2.24) is 9.78 Å². The van der Waals surface area contributed by atoms with E-state index in [9.17, 15) is 0 Å². The average molecular weight is 268 g/mol. The van der Waals surface area contributed by atoms with Crippen molar-refractivity contribution in [1.29, 1.82) is 0 Å². The first-order chi connectivity index (χ1) is 8.88. The predicted molar refractivity (Wildman–Crippen MR) is 80.5 cm³/mol. The Bertz CT molecular complexity index is 398. The zero-order valence-electron chi connectivity index (χ0n) is 13.0. The zero-order chi connectivity index (χ0) is 14.6. The number of hydrogen-bond acceptors (Lipinski definition) is 4. The Kier molecular flexibility index (Phi) is 5.66. The van der Waals surface area contributed by atoms with Crippen molar-refractivity contribution in [2.24, 2.45) is 5.92 Å². The molecular formula is C14H28N4O. The van der Waals surface area contributed by atoms with E-state index < -0.39 is 0 Å². The molecular weight excluding hydrogens is 240 g/mol. The molecule has 0 aliphatic heterocycles. The second-order valence-corrected chi connectivity index (χ2v) is 5.54. The fraction of sp³-hybridized carbons (Fsp3) is 0.786. The Morgan fingerprint density at radius 2 is 1.95 bits per heavy atom. The van der Waals surface area contributed by atoms with Gasteiger partial charge in [-0.1, -0.05) is 13.8 Å². The summed E-state index contributed by atoms with van der Waals surface area (Å²) >= 11 is 0. The lowest BCUT2D eigenvalue weighted by Crippen LogP contribution is -2.32. The lowest BCUT2D eigenvalue weighted by Gasteiger charge is -2.24. The molecule has 1 atom stereocenters. The third kappa shape index (κ3) is 3.86. The van der Waals surface area contributed by atoms with Gasteiger partial charge in [0.05, 0.1) is 24.0 Å². The van der Waals surface area contributed by atoms with Gasteiger partial charge in [-0.05, 0) is 33.6 Å². The first-order valence-electron chi connectivity index (χ1n) is 7.07. The summed E-state index contributed by atoms with van der Waals surface area (Å²) in [6.45, 7) is 13.9. The maximum absolute atomic E-state index is 6.13. The van der Waals surface area contributed by atoms with Crippen LogP contribution in [0.15, 0.2) is 0 Å². The molecule has 5 heteroatoms. The van der Waals surface area contributed by atoms with Crippen molar-refractivity contribution in [3.05, 3.63) is 5.69 Å². The fourth-order valence-electron chi connectivity index (χ4n) is 1.90. The number of hydrogen-bond donors (Lipinski definition) is 2. The minimum absolute atomic E-state index is 0.232. The van der Waals surface area contributed by atoms with Crippen LogP contribution in [0.25, 0.3) is 0 Å². The Balaban J connectivity index is 2.95. The molecule has 0 amide bonds. The van der Waals surface area contributed by atoms with E-state index in [-0.39, 0.29) is 12.1 Å². The largest absolute Gasteiger partial charge is 0.394 e. The summed E-state index contributed by atoms with van der Waals surface area (Å²) < 4.78 is 7.49. The van der Waals surface area contributed by atoms with Crippen molar-refractivity contribution in [2.45, 2.75) is 53.6 Å². The van der Waals surface area contributed by atoms with E-state index in [0.717, 1.165) is 23.8 Å². The summed E-state index contributed by atoms with van der Waals surface area (Å²) in [7, 11) is 0. The maximum Gasteiger partial charge on any atom is 0.148 e. The monoisotopic (exact) mass is 268 g/mol. The van der Waals surface area contributed by atoms with Crippen molar-refractivity contribution in [3.8, 4) is 0 Å². The lowest BCUT2D eigenvalue weighted by atomic mass is 10.1. The van der Waals surface area contributed by atoms with Crippen LogP contribution < -0.4 is 11.1 Å². The molecule has 0 aliphatic rings. The van der Waals surface area contributed by atoms with Gasteiger partial charge in [0.1, 0.15) is 5.82 Å². The summed E-state index contributed by atoms with van der Waals surface area (Å²) in [4.78, 5) is 0. The van der Waals surface area contributed by atoms with E-state index in [4.69, 9.17) is 10.5 Å². The third-order valence-corrected chi connectivity index (χ3v) is 3.25. The molecule has 3 N–H and O–H groups in total. The van der Waals surface area contributed by atoms with Crippen LogP contribution in [0.1, 0.15) is 46.4 Å². The standard InChI is InChI=1S/C14H28N4O/c1-7-19-8-12(9(2)3)16-14-13(15)11(6)17-18(14)10(4)5/h9-10,12,16H,7-8,15H2,1-6H3. The molecule has 1 unspecified atom stereocenters. The van der Waals surface area contributed by atoms with Gasteiger partial charge in [0.15, 0.2) is 0 Å². The van der Waals surface area contributed by atoms with Crippen LogP contribution in [0.3, 0.4) is 0 Å². The van der Waals surface area contributed by atoms with E-state index in [0.29, 0.717) is 12.5 Å². The predicted octanol–water partition coefficient (Wildman–Crippen LogP) is 2.83. The van der Waals surface area contributed by atoms with Gasteiger partial charge in [0.2, 0.25) is 0 Å². The molecule has 0 radical (unpaired) electrons. The number of nitrogen functional groups attached to an aromatic ring is 1. The molecule has 19 heavy (non-hydrogen) atoms. The van der Waals surface area contributed by atoms with E-state index in [2.05, 4.69) is 38.1 Å². The van der Waals surface area contributed by atoms with Crippen molar-refractivity contribution in [3.63, 3.8) is 0 Å². The molecule has 0 fully saturated rings. The van der Waals surface area contributed by atoms with Gasteiger partial charge < -0.3 is 15.8 Å². The van der Waals surface area contributed by atoms with Crippen LogP contribution in [0.2, 0.25) is 0 Å². The molecule has 110 valence electrons. The van der Waals surface area contributed by atoms with Gasteiger partial charge in [-0.25, -0.2) is 4.68 Å². The summed E-state index contributed by atoms with van der Waals surface area (Å²) in [6, 6.07) is 0.509. The molecule has 0 bridgehead atoms. The summed E-state index contributed by atoms with van der Waals surface area (Å²) in [5.74, 6) is 1.37. The fourth-order valence-corrected chi connectivity index (χ4v) is 1.90. The van der Waals surface area contributed by atoms with Gasteiger partial charge in [-0.3, -0.25) is 0 Å². The lowest BCUT2D eigenvalue weighted by molar-refractivity contribution is 0.126. The van der Waals surface area contributed by atoms with Gasteiger partial charge in [0.25, 0.3) is 0 Å². The normalized spacial score (nSPS) is 13.3. The molecule has 1 aromatic rings. The second kappa shape index (κ2) is 6.80. The Hall–Kier alpha value is -1.23. The zero-order valence-corrected chi connectivity index (χ0v) is 13.0. The third-order valence-electron chi connectivity index (χ3n) is 3.25. The average Bonchev–Trinajstić information content (AvgIpc) is 2.61. The summed E-state index contributed by atoms with van der Waals surface area (Å²) in [5.41, 5.74) is 7.73. The number of nitrogens with one attached hydrogen (secondary N) is 1. The Morgan fingerprint density at radius 3 is 2.42 bits per heavy atom. The summed E-state index contributed by atoms with van der Waals surface area (Å²) in [5, 5.41) is 7.99. The molecule has 0 saturated carbocycles. The van der Waals surface area contributed by atoms with Crippen LogP contribution in [0, 0.1) is 12.8 Å². The highest BCUT2D eigenvalue weighted by atomic mass is 16.5. The second-order valence-electron chi connectivity index (χ2n) is 5.54. The molecule has 0 spiro atoms. The summed E-state index contributed by atoms with van der Waals surface area (Å²) in [6.07, 6.45) is 0. The molecule has 1 rings (SSSR count). The minimum Gasteiger partial charge on any atom is -0.394 e. The van der Waals surface area contributed by atoms with Crippen molar-refractivity contribution >= 4 is 11.5 Å². The molecule has 0 saturated heterocycles.